The smallest absolute Gasteiger partial charge is 0.305 e. The number of nitrogens with zero attached hydrogens (tertiary/aromatic N) is 1. The zero-order chi connectivity index (χ0) is 23.2. The van der Waals surface area contributed by atoms with Gasteiger partial charge in [0, 0.05) is 12.8 Å². The van der Waals surface area contributed by atoms with E-state index >= 15 is 0 Å². The maximum Gasteiger partial charge on any atom is 0.305 e. The monoisotopic (exact) mass is 443 g/mol. The van der Waals surface area contributed by atoms with Gasteiger partial charge in [-0.3, -0.25) is 9.59 Å². The van der Waals surface area contributed by atoms with Crippen LogP contribution in [0.3, 0.4) is 0 Å². The molecule has 184 valence electrons. The van der Waals surface area contributed by atoms with Crippen molar-refractivity contribution in [2.45, 2.75) is 116 Å². The topological polar surface area (TPSA) is 76.1 Å². The van der Waals surface area contributed by atoms with Crippen molar-refractivity contribution in [2.24, 2.45) is 0 Å². The quantitative estimate of drug-likeness (QED) is 0.182. The zero-order valence-electron chi connectivity index (χ0n) is 20.5. The highest BCUT2D eigenvalue weighted by Gasteiger charge is 2.12. The number of unbranched alkanes of at least 4 members (excludes halogenated alkanes) is 12. The van der Waals surface area contributed by atoms with Crippen LogP contribution in [-0.4, -0.2) is 61.9 Å². The Morgan fingerprint density at radius 3 is 1.48 bits per heavy atom. The Kier molecular flexibility index (Phi) is 21.3. The molecule has 0 unspecified atom stereocenters. The number of esters is 2. The third-order valence-electron chi connectivity index (χ3n) is 5.34. The molecule has 0 radical (unpaired) electrons. The fourth-order valence-electron chi connectivity index (χ4n) is 3.40. The first-order valence-corrected chi connectivity index (χ1v) is 12.6. The van der Waals surface area contributed by atoms with Crippen LogP contribution < -0.4 is 0 Å². The summed E-state index contributed by atoms with van der Waals surface area (Å²) in [6, 6.07) is 0. The van der Waals surface area contributed by atoms with E-state index < -0.39 is 6.10 Å². The van der Waals surface area contributed by atoms with Gasteiger partial charge < -0.3 is 19.5 Å². The molecule has 1 atom stereocenters. The predicted molar refractivity (Wildman–Crippen MR) is 126 cm³/mol. The average Bonchev–Trinajstić information content (AvgIpc) is 2.73. The van der Waals surface area contributed by atoms with Gasteiger partial charge in [0.05, 0.1) is 0 Å². The predicted octanol–water partition coefficient (Wildman–Crippen LogP) is 5.26. The first-order chi connectivity index (χ1) is 15.0. The molecule has 6 heteroatoms. The van der Waals surface area contributed by atoms with Crippen LogP contribution in [0.5, 0.6) is 0 Å². The largest absolute Gasteiger partial charge is 0.463 e. The second-order valence-electron chi connectivity index (χ2n) is 8.92. The van der Waals surface area contributed by atoms with Crippen LogP contribution in [0.2, 0.25) is 0 Å². The maximum absolute atomic E-state index is 11.7. The number of ether oxygens (including phenoxy) is 2. The molecule has 0 bridgehead atoms. The molecule has 31 heavy (non-hydrogen) atoms. The van der Waals surface area contributed by atoms with Crippen LogP contribution in [0, 0.1) is 0 Å². The summed E-state index contributed by atoms with van der Waals surface area (Å²) >= 11 is 0. The number of carbonyl (C=O) groups is 2. The molecular weight excluding hydrogens is 394 g/mol. The molecule has 1 N–H and O–H groups in total. The lowest BCUT2D eigenvalue weighted by molar-refractivity contribution is -0.152. The van der Waals surface area contributed by atoms with Crippen LogP contribution in [-0.2, 0) is 19.1 Å². The van der Waals surface area contributed by atoms with Gasteiger partial charge in [-0.15, -0.1) is 0 Å². The Morgan fingerprint density at radius 1 is 0.677 bits per heavy atom. The summed E-state index contributed by atoms with van der Waals surface area (Å²) < 4.78 is 10.1. The summed E-state index contributed by atoms with van der Waals surface area (Å²) in [5.41, 5.74) is 0. The lowest BCUT2D eigenvalue weighted by atomic mass is 10.0. The Labute approximate surface area is 191 Å². The van der Waals surface area contributed by atoms with Gasteiger partial charge >= 0.3 is 11.9 Å². The molecule has 0 aromatic heterocycles. The fraction of sp³-hybridized carbons (Fsp3) is 0.920. The summed E-state index contributed by atoms with van der Waals surface area (Å²) in [5.74, 6) is -0.626. The second kappa shape index (κ2) is 22.1. The highest BCUT2D eigenvalue weighted by Crippen LogP contribution is 2.13. The summed E-state index contributed by atoms with van der Waals surface area (Å²) in [5, 5.41) is 9.78. The highest BCUT2D eigenvalue weighted by atomic mass is 16.6. The van der Waals surface area contributed by atoms with Crippen molar-refractivity contribution in [3.8, 4) is 0 Å². The molecule has 0 saturated carbocycles. The molecule has 0 fully saturated rings. The minimum Gasteiger partial charge on any atom is -0.463 e. The molecule has 0 aliphatic rings. The number of aliphatic hydroxyl groups is 1. The maximum atomic E-state index is 11.7. The molecule has 0 aliphatic heterocycles. The summed E-state index contributed by atoms with van der Waals surface area (Å²) in [4.78, 5) is 25.3. The van der Waals surface area contributed by atoms with E-state index in [1.165, 1.54) is 64.2 Å². The van der Waals surface area contributed by atoms with E-state index in [9.17, 15) is 14.7 Å². The van der Waals surface area contributed by atoms with E-state index in [1.807, 2.05) is 19.0 Å². The number of hydrogen-bond acceptors (Lipinski definition) is 6. The Morgan fingerprint density at radius 2 is 1.06 bits per heavy atom. The average molecular weight is 444 g/mol. The lowest BCUT2D eigenvalue weighted by Crippen LogP contribution is -2.25. The van der Waals surface area contributed by atoms with Gasteiger partial charge in [0.2, 0.25) is 0 Å². The molecule has 0 aromatic carbocycles. The van der Waals surface area contributed by atoms with Crippen molar-refractivity contribution in [2.75, 3.05) is 33.9 Å². The van der Waals surface area contributed by atoms with Crippen LogP contribution in [0.1, 0.15) is 110 Å². The summed E-state index contributed by atoms with van der Waals surface area (Å²) in [7, 11) is 3.89. The van der Waals surface area contributed by atoms with E-state index in [4.69, 9.17) is 9.47 Å². The van der Waals surface area contributed by atoms with E-state index in [0.717, 1.165) is 32.2 Å². The molecular formula is C25H49NO5. The number of hydrogen-bond donors (Lipinski definition) is 1. The fourth-order valence-corrected chi connectivity index (χ4v) is 3.40. The molecule has 0 amide bonds. The second-order valence-corrected chi connectivity index (χ2v) is 8.92. The Bertz CT molecular complexity index is 428. The zero-order valence-corrected chi connectivity index (χ0v) is 20.5. The molecule has 0 rings (SSSR count). The van der Waals surface area contributed by atoms with Crippen molar-refractivity contribution < 1.29 is 24.2 Å². The van der Waals surface area contributed by atoms with Gasteiger partial charge in [-0.2, -0.15) is 0 Å². The van der Waals surface area contributed by atoms with Crippen LogP contribution in [0.15, 0.2) is 0 Å². The Hall–Kier alpha value is -1.14. The molecule has 0 heterocycles. The van der Waals surface area contributed by atoms with Crippen molar-refractivity contribution >= 4 is 11.9 Å². The molecule has 0 saturated heterocycles. The SMILES string of the molecule is CCCCCCCCCCCCCCCC(=O)OC[C@@H](O)COC(=O)CCCN(C)C. The highest BCUT2D eigenvalue weighted by molar-refractivity contribution is 5.69. The van der Waals surface area contributed by atoms with Gasteiger partial charge in [-0.25, -0.2) is 0 Å². The molecule has 0 spiro atoms. The lowest BCUT2D eigenvalue weighted by Gasteiger charge is -2.13. The van der Waals surface area contributed by atoms with Crippen molar-refractivity contribution in [1.29, 1.82) is 0 Å². The van der Waals surface area contributed by atoms with Crippen molar-refractivity contribution in [3.05, 3.63) is 0 Å². The number of aliphatic hydroxyl groups excluding tert-OH is 1. The van der Waals surface area contributed by atoms with Crippen LogP contribution in [0.4, 0.5) is 0 Å². The summed E-state index contributed by atoms with van der Waals surface area (Å²) in [6.45, 7) is 2.81. The van der Waals surface area contributed by atoms with Gasteiger partial charge in [-0.1, -0.05) is 84.0 Å². The van der Waals surface area contributed by atoms with Crippen LogP contribution in [0.25, 0.3) is 0 Å². The minimum absolute atomic E-state index is 0.123. The van der Waals surface area contributed by atoms with Gasteiger partial charge in [0.25, 0.3) is 0 Å². The molecule has 6 nitrogen and oxygen atoms in total. The molecule has 0 aliphatic carbocycles. The van der Waals surface area contributed by atoms with Gasteiger partial charge in [-0.05, 0) is 33.5 Å². The van der Waals surface area contributed by atoms with Crippen molar-refractivity contribution in [3.63, 3.8) is 0 Å². The van der Waals surface area contributed by atoms with Gasteiger partial charge in [0.1, 0.15) is 19.3 Å². The van der Waals surface area contributed by atoms with Crippen LogP contribution >= 0.6 is 0 Å². The first kappa shape index (κ1) is 29.9. The summed E-state index contributed by atoms with van der Waals surface area (Å²) in [6.07, 6.45) is 16.9. The normalized spacial score (nSPS) is 12.2. The third-order valence-corrected chi connectivity index (χ3v) is 5.34. The third kappa shape index (κ3) is 23.4. The first-order valence-electron chi connectivity index (χ1n) is 12.6. The van der Waals surface area contributed by atoms with E-state index in [2.05, 4.69) is 6.92 Å². The van der Waals surface area contributed by atoms with Gasteiger partial charge in [0.15, 0.2) is 0 Å². The standard InChI is InChI=1S/C25H49NO5/c1-4-5-6-7-8-9-10-11-12-13-14-15-16-18-24(28)30-21-23(27)22-31-25(29)19-17-20-26(2)3/h23,27H,4-22H2,1-3H3/t23-/m1/s1. The molecule has 0 aromatic rings. The Balaban J connectivity index is 3.41. The minimum atomic E-state index is -0.964. The van der Waals surface area contributed by atoms with E-state index in [-0.39, 0.29) is 25.2 Å². The number of rotatable bonds is 22. The van der Waals surface area contributed by atoms with Crippen molar-refractivity contribution in [1.82, 2.24) is 4.90 Å². The van der Waals surface area contributed by atoms with E-state index in [0.29, 0.717) is 12.8 Å². The van der Waals surface area contributed by atoms with E-state index in [1.54, 1.807) is 0 Å². The number of carbonyl (C=O) groups excluding carboxylic acids is 2.